The van der Waals surface area contributed by atoms with Crippen LogP contribution >= 0.6 is 11.8 Å². The molecular formula is C35H33NO4S. The van der Waals surface area contributed by atoms with E-state index in [1.54, 1.807) is 43.8 Å². The van der Waals surface area contributed by atoms with Crippen LogP contribution in [0.15, 0.2) is 101 Å². The molecule has 2 N–H and O–H groups in total. The minimum absolute atomic E-state index is 0.225. The van der Waals surface area contributed by atoms with Crippen LogP contribution in [0.5, 0.6) is 0 Å². The van der Waals surface area contributed by atoms with Crippen LogP contribution in [-0.2, 0) is 17.8 Å². The highest BCUT2D eigenvalue weighted by Crippen LogP contribution is 2.43. The first-order valence-electron chi connectivity index (χ1n) is 13.5. The summed E-state index contributed by atoms with van der Waals surface area (Å²) in [5, 5.41) is 20.8. The summed E-state index contributed by atoms with van der Waals surface area (Å²) in [5.74, 6) is -1.84. The zero-order valence-electron chi connectivity index (χ0n) is 23.6. The number of carbonyl (C=O) groups is 2. The lowest BCUT2D eigenvalue weighted by Gasteiger charge is -2.22. The van der Waals surface area contributed by atoms with Gasteiger partial charge in [0.25, 0.3) is 0 Å². The summed E-state index contributed by atoms with van der Waals surface area (Å²) < 4.78 is 2.17. The largest absolute Gasteiger partial charge is 0.481 e. The van der Waals surface area contributed by atoms with Crippen molar-refractivity contribution in [2.24, 2.45) is 5.41 Å². The van der Waals surface area contributed by atoms with Gasteiger partial charge in [-0.2, -0.15) is 0 Å². The molecule has 0 saturated carbocycles. The molecule has 5 nitrogen and oxygen atoms in total. The fourth-order valence-electron chi connectivity index (χ4n) is 5.06. The van der Waals surface area contributed by atoms with Crippen LogP contribution in [0.2, 0.25) is 0 Å². The maximum absolute atomic E-state index is 12.4. The molecule has 0 atom stereocenters. The Balaban J connectivity index is 1.78. The van der Waals surface area contributed by atoms with Gasteiger partial charge >= 0.3 is 11.9 Å². The summed E-state index contributed by atoms with van der Waals surface area (Å²) in [7, 11) is 0. The van der Waals surface area contributed by atoms with E-state index in [0.29, 0.717) is 13.0 Å². The molecular weight excluding hydrogens is 530 g/mol. The van der Waals surface area contributed by atoms with Crippen molar-refractivity contribution in [1.82, 2.24) is 4.57 Å². The van der Waals surface area contributed by atoms with Gasteiger partial charge in [0.05, 0.1) is 11.0 Å². The first-order chi connectivity index (χ1) is 19.5. The number of fused-ring (bicyclic) bond motifs is 1. The number of rotatable bonds is 9. The third-order valence-electron chi connectivity index (χ3n) is 7.49. The number of carboxylic acids is 2. The normalized spacial score (nSPS) is 11.6. The van der Waals surface area contributed by atoms with Crippen LogP contribution in [0.25, 0.3) is 22.0 Å². The van der Waals surface area contributed by atoms with Crippen LogP contribution in [0.4, 0.5) is 0 Å². The van der Waals surface area contributed by atoms with Gasteiger partial charge in [-0.15, -0.1) is 0 Å². The zero-order chi connectivity index (χ0) is 29.3. The topological polar surface area (TPSA) is 79.5 Å². The first-order valence-corrected chi connectivity index (χ1v) is 14.4. The summed E-state index contributed by atoms with van der Waals surface area (Å²) in [6.45, 7) is 8.09. The molecule has 0 aliphatic heterocycles. The molecule has 6 heteroatoms. The zero-order valence-corrected chi connectivity index (χ0v) is 24.5. The molecule has 0 bridgehead atoms. The summed E-state index contributed by atoms with van der Waals surface area (Å²) in [6, 6.07) is 29.9. The van der Waals surface area contributed by atoms with E-state index in [9.17, 15) is 19.8 Å². The third kappa shape index (κ3) is 5.93. The van der Waals surface area contributed by atoms with Gasteiger partial charge in [-0.1, -0.05) is 72.4 Å². The SMILES string of the molecule is Cc1ccc(C)c(Sc2c(CC(C)(C)C(=O)O)n(Cc3cccc(C(=O)O)c3)c3ccc(-c4ccccc4)cc23)c1. The molecule has 0 amide bonds. The van der Waals surface area contributed by atoms with E-state index in [1.807, 2.05) is 24.3 Å². The smallest absolute Gasteiger partial charge is 0.335 e. The van der Waals surface area contributed by atoms with Crippen LogP contribution < -0.4 is 0 Å². The van der Waals surface area contributed by atoms with Crippen LogP contribution in [-0.4, -0.2) is 26.7 Å². The second-order valence-electron chi connectivity index (χ2n) is 11.2. The Morgan fingerprint density at radius 3 is 2.29 bits per heavy atom. The lowest BCUT2D eigenvalue weighted by atomic mass is 9.88. The Morgan fingerprint density at radius 1 is 0.829 bits per heavy atom. The predicted octanol–water partition coefficient (Wildman–Crippen LogP) is 8.48. The number of benzene rings is 4. The monoisotopic (exact) mass is 563 g/mol. The molecule has 41 heavy (non-hydrogen) atoms. The van der Waals surface area contributed by atoms with Crippen LogP contribution in [0.1, 0.15) is 46.6 Å². The van der Waals surface area contributed by atoms with E-state index < -0.39 is 17.4 Å². The van der Waals surface area contributed by atoms with Gasteiger partial charge in [0.2, 0.25) is 0 Å². The molecule has 1 aromatic heterocycles. The maximum atomic E-state index is 12.4. The molecule has 0 unspecified atom stereocenters. The van der Waals surface area contributed by atoms with Crippen molar-refractivity contribution in [2.75, 3.05) is 0 Å². The lowest BCUT2D eigenvalue weighted by molar-refractivity contribution is -0.146. The number of carboxylic acid groups (broad SMARTS) is 2. The van der Waals surface area contributed by atoms with Crippen molar-refractivity contribution in [2.45, 2.75) is 50.5 Å². The van der Waals surface area contributed by atoms with Gasteiger partial charge in [-0.25, -0.2) is 4.79 Å². The van der Waals surface area contributed by atoms with E-state index in [4.69, 9.17) is 0 Å². The van der Waals surface area contributed by atoms with E-state index in [1.165, 1.54) is 0 Å². The highest BCUT2D eigenvalue weighted by Gasteiger charge is 2.32. The highest BCUT2D eigenvalue weighted by atomic mass is 32.2. The Labute approximate surface area is 244 Å². The second kappa shape index (κ2) is 11.3. The maximum Gasteiger partial charge on any atom is 0.335 e. The van der Waals surface area contributed by atoms with Gasteiger partial charge in [0.15, 0.2) is 0 Å². The predicted molar refractivity (Wildman–Crippen MR) is 165 cm³/mol. The second-order valence-corrected chi connectivity index (χ2v) is 12.3. The fraction of sp³-hybridized carbons (Fsp3) is 0.200. The molecule has 0 aliphatic rings. The Morgan fingerprint density at radius 2 is 1.59 bits per heavy atom. The third-order valence-corrected chi connectivity index (χ3v) is 8.81. The molecule has 0 saturated heterocycles. The highest BCUT2D eigenvalue weighted by molar-refractivity contribution is 7.99. The summed E-state index contributed by atoms with van der Waals surface area (Å²) in [5.41, 5.74) is 6.44. The average molecular weight is 564 g/mol. The summed E-state index contributed by atoms with van der Waals surface area (Å²) >= 11 is 1.67. The van der Waals surface area contributed by atoms with E-state index in [2.05, 4.69) is 66.9 Å². The molecule has 0 aliphatic carbocycles. The Kier molecular flexibility index (Phi) is 7.78. The average Bonchev–Trinajstić information content (AvgIpc) is 3.21. The molecule has 0 fully saturated rings. The van der Waals surface area contributed by atoms with Gasteiger partial charge in [0, 0.05) is 39.4 Å². The molecule has 1 heterocycles. The molecule has 4 aromatic carbocycles. The number of aromatic carboxylic acids is 1. The molecule has 5 aromatic rings. The van der Waals surface area contributed by atoms with Crippen LogP contribution in [0.3, 0.4) is 0 Å². The van der Waals surface area contributed by atoms with Crippen molar-refractivity contribution in [3.63, 3.8) is 0 Å². The Hall–Kier alpha value is -4.29. The lowest BCUT2D eigenvalue weighted by Crippen LogP contribution is -2.27. The number of aryl methyl sites for hydroxylation is 2. The number of hydrogen-bond acceptors (Lipinski definition) is 3. The van der Waals surface area contributed by atoms with Gasteiger partial charge in [-0.05, 0) is 85.8 Å². The number of aromatic nitrogens is 1. The minimum atomic E-state index is -1.02. The van der Waals surface area contributed by atoms with Crippen molar-refractivity contribution < 1.29 is 19.8 Å². The van der Waals surface area contributed by atoms with Gasteiger partial charge in [-0.3, -0.25) is 4.79 Å². The summed E-state index contributed by atoms with van der Waals surface area (Å²) in [6.07, 6.45) is 0.309. The van der Waals surface area contributed by atoms with Crippen molar-refractivity contribution in [3.8, 4) is 11.1 Å². The van der Waals surface area contributed by atoms with E-state index in [0.717, 1.165) is 54.2 Å². The standard InChI is InChI=1S/C35H33NO4S/c1-22-13-14-23(2)31(17-22)41-32-28-19-26(25-10-6-5-7-11-25)15-16-29(28)36(30(32)20-35(3,4)34(39)40)21-24-9-8-12-27(18-24)33(37)38/h5-19H,20-21H2,1-4H3,(H,37,38)(H,39,40). The molecule has 0 spiro atoms. The first kappa shape index (κ1) is 28.2. The van der Waals surface area contributed by atoms with E-state index in [-0.39, 0.29) is 5.56 Å². The number of hydrogen-bond donors (Lipinski definition) is 2. The number of aliphatic carboxylic acids is 1. The summed E-state index contributed by atoms with van der Waals surface area (Å²) in [4.78, 5) is 26.2. The Bertz CT molecular complexity index is 1770. The van der Waals surface area contributed by atoms with Crippen molar-refractivity contribution in [1.29, 1.82) is 0 Å². The van der Waals surface area contributed by atoms with Gasteiger partial charge in [0.1, 0.15) is 0 Å². The van der Waals surface area contributed by atoms with E-state index >= 15 is 0 Å². The molecule has 208 valence electrons. The molecule has 5 rings (SSSR count). The molecule has 0 radical (unpaired) electrons. The minimum Gasteiger partial charge on any atom is -0.481 e. The number of nitrogens with zero attached hydrogens (tertiary/aromatic N) is 1. The van der Waals surface area contributed by atoms with Crippen LogP contribution in [0, 0.1) is 19.3 Å². The van der Waals surface area contributed by atoms with Crippen molar-refractivity contribution in [3.05, 3.63) is 119 Å². The van der Waals surface area contributed by atoms with Crippen molar-refractivity contribution >= 4 is 34.6 Å². The fourth-order valence-corrected chi connectivity index (χ4v) is 6.33. The van der Waals surface area contributed by atoms with Gasteiger partial charge < -0.3 is 14.8 Å². The quantitative estimate of drug-likeness (QED) is 0.188.